The van der Waals surface area contributed by atoms with Gasteiger partial charge in [-0.2, -0.15) is 0 Å². The largest absolute Gasteiger partial charge is 0.449 e. The van der Waals surface area contributed by atoms with Gasteiger partial charge in [0.05, 0.1) is 10.5 Å². The van der Waals surface area contributed by atoms with E-state index in [1.54, 1.807) is 20.8 Å². The van der Waals surface area contributed by atoms with E-state index in [4.69, 9.17) is 4.74 Å². The maximum absolute atomic E-state index is 12.9. The molecule has 0 unspecified atom stereocenters. The van der Waals surface area contributed by atoms with Crippen molar-refractivity contribution >= 4 is 27.6 Å². The van der Waals surface area contributed by atoms with Crippen LogP contribution >= 0.6 is 0 Å². The van der Waals surface area contributed by atoms with Gasteiger partial charge in [0.15, 0.2) is 6.10 Å². The molecule has 7 nitrogen and oxygen atoms in total. The topological polar surface area (TPSA) is 102 Å². The van der Waals surface area contributed by atoms with E-state index in [9.17, 15) is 22.4 Å². The zero-order chi connectivity index (χ0) is 21.8. The van der Waals surface area contributed by atoms with Crippen molar-refractivity contribution in [2.45, 2.75) is 44.2 Å². The second-order valence-corrected chi connectivity index (χ2v) is 9.11. The third kappa shape index (κ3) is 6.65. The van der Waals surface area contributed by atoms with Crippen LogP contribution in [0.3, 0.4) is 0 Å². The summed E-state index contributed by atoms with van der Waals surface area (Å²) in [7, 11) is -3.83. The molecule has 0 saturated heterocycles. The monoisotopic (exact) mass is 422 g/mol. The Kier molecular flexibility index (Phi) is 6.76. The first-order chi connectivity index (χ1) is 13.4. The van der Waals surface area contributed by atoms with Crippen LogP contribution in [0.2, 0.25) is 0 Å². The van der Waals surface area contributed by atoms with Crippen LogP contribution < -0.4 is 10.0 Å². The first-order valence-electron chi connectivity index (χ1n) is 8.79. The number of hydrogen-bond donors (Lipinski definition) is 2. The number of carbonyl (C=O) groups is 2. The van der Waals surface area contributed by atoms with Crippen molar-refractivity contribution in [3.8, 4) is 0 Å². The molecular formula is C20H23FN2O5S. The van der Waals surface area contributed by atoms with Crippen LogP contribution in [0.4, 0.5) is 10.1 Å². The highest BCUT2D eigenvalue weighted by Gasteiger charge is 2.24. The normalized spacial score (nSPS) is 12.9. The molecule has 156 valence electrons. The van der Waals surface area contributed by atoms with Crippen LogP contribution in [0.5, 0.6) is 0 Å². The van der Waals surface area contributed by atoms with Gasteiger partial charge in [0.25, 0.3) is 5.91 Å². The minimum absolute atomic E-state index is 0.0109. The van der Waals surface area contributed by atoms with E-state index in [1.807, 2.05) is 0 Å². The van der Waals surface area contributed by atoms with Gasteiger partial charge in [0.1, 0.15) is 5.82 Å². The first-order valence-corrected chi connectivity index (χ1v) is 10.3. The fourth-order valence-corrected chi connectivity index (χ4v) is 3.78. The maximum Gasteiger partial charge on any atom is 0.338 e. The summed E-state index contributed by atoms with van der Waals surface area (Å²) < 4.78 is 45.4. The van der Waals surface area contributed by atoms with Crippen molar-refractivity contribution in [1.29, 1.82) is 0 Å². The number of anilines is 1. The Morgan fingerprint density at radius 3 is 2.28 bits per heavy atom. The van der Waals surface area contributed by atoms with Crippen LogP contribution in [0, 0.1) is 5.82 Å². The minimum Gasteiger partial charge on any atom is -0.449 e. The van der Waals surface area contributed by atoms with Crippen LogP contribution in [-0.4, -0.2) is 31.9 Å². The molecule has 1 atom stereocenters. The highest BCUT2D eigenvalue weighted by atomic mass is 32.2. The summed E-state index contributed by atoms with van der Waals surface area (Å²) in [5, 5.41) is 2.50. The molecule has 0 aliphatic heterocycles. The second-order valence-electron chi connectivity index (χ2n) is 7.43. The van der Waals surface area contributed by atoms with E-state index >= 15 is 0 Å². The number of rotatable bonds is 6. The van der Waals surface area contributed by atoms with E-state index in [-0.39, 0.29) is 10.5 Å². The summed E-state index contributed by atoms with van der Waals surface area (Å²) >= 11 is 0. The van der Waals surface area contributed by atoms with Gasteiger partial charge in [0.2, 0.25) is 10.0 Å². The van der Waals surface area contributed by atoms with E-state index in [0.717, 1.165) is 0 Å². The van der Waals surface area contributed by atoms with E-state index in [2.05, 4.69) is 10.0 Å². The van der Waals surface area contributed by atoms with Gasteiger partial charge < -0.3 is 10.1 Å². The lowest BCUT2D eigenvalue weighted by Gasteiger charge is -2.20. The summed E-state index contributed by atoms with van der Waals surface area (Å²) in [4.78, 5) is 24.4. The van der Waals surface area contributed by atoms with Crippen LogP contribution in [0.25, 0.3) is 0 Å². The molecular weight excluding hydrogens is 399 g/mol. The number of ether oxygens (including phenoxy) is 1. The maximum atomic E-state index is 12.9. The number of hydrogen-bond acceptors (Lipinski definition) is 5. The van der Waals surface area contributed by atoms with Crippen LogP contribution in [-0.2, 0) is 19.6 Å². The fourth-order valence-electron chi connectivity index (χ4n) is 2.31. The van der Waals surface area contributed by atoms with E-state index in [1.165, 1.54) is 55.5 Å². The summed E-state index contributed by atoms with van der Waals surface area (Å²) in [6.45, 7) is 6.47. The molecule has 2 rings (SSSR count). The average molecular weight is 422 g/mol. The van der Waals surface area contributed by atoms with Gasteiger partial charge >= 0.3 is 5.97 Å². The molecule has 2 aromatic rings. The predicted molar refractivity (Wildman–Crippen MR) is 106 cm³/mol. The Labute approximate surface area is 169 Å². The average Bonchev–Trinajstić information content (AvgIpc) is 2.61. The van der Waals surface area contributed by atoms with E-state index < -0.39 is 39.4 Å². The molecule has 0 bridgehead atoms. The van der Waals surface area contributed by atoms with Crippen molar-refractivity contribution in [2.75, 3.05) is 5.32 Å². The van der Waals surface area contributed by atoms with Crippen LogP contribution in [0.15, 0.2) is 53.4 Å². The molecule has 0 aliphatic rings. The fraction of sp³-hybridized carbons (Fsp3) is 0.300. The Morgan fingerprint density at radius 2 is 1.69 bits per heavy atom. The van der Waals surface area contributed by atoms with Gasteiger partial charge in [-0.3, -0.25) is 4.79 Å². The number of nitrogens with one attached hydrogen (secondary N) is 2. The molecule has 2 N–H and O–H groups in total. The van der Waals surface area contributed by atoms with Crippen molar-refractivity contribution in [1.82, 2.24) is 4.72 Å². The highest BCUT2D eigenvalue weighted by molar-refractivity contribution is 7.89. The van der Waals surface area contributed by atoms with Crippen molar-refractivity contribution in [2.24, 2.45) is 0 Å². The Hall–Kier alpha value is -2.78. The zero-order valence-electron chi connectivity index (χ0n) is 16.5. The standard InChI is InChI=1S/C20H23FN2O5S/c1-13(18(24)22-16-10-8-15(21)9-11-16)28-19(25)14-6-5-7-17(12-14)29(26,27)23-20(2,3)4/h5-13,23H,1-4H3,(H,22,24)/t13-/m1/s1. The van der Waals surface area contributed by atoms with Gasteiger partial charge in [-0.15, -0.1) is 0 Å². The molecule has 0 spiro atoms. The third-order valence-corrected chi connectivity index (χ3v) is 5.34. The van der Waals surface area contributed by atoms with Crippen molar-refractivity contribution in [3.63, 3.8) is 0 Å². The molecule has 0 radical (unpaired) electrons. The lowest BCUT2D eigenvalue weighted by atomic mass is 10.1. The quantitative estimate of drug-likeness (QED) is 0.697. The summed E-state index contributed by atoms with van der Waals surface area (Å²) in [5.74, 6) is -1.90. The zero-order valence-corrected chi connectivity index (χ0v) is 17.3. The number of carbonyl (C=O) groups excluding carboxylic acids is 2. The smallest absolute Gasteiger partial charge is 0.338 e. The van der Waals surface area contributed by atoms with Gasteiger partial charge in [0, 0.05) is 11.2 Å². The number of amides is 1. The van der Waals surface area contributed by atoms with Gasteiger partial charge in [-0.1, -0.05) is 6.07 Å². The lowest BCUT2D eigenvalue weighted by molar-refractivity contribution is -0.123. The minimum atomic E-state index is -3.83. The molecule has 2 aromatic carbocycles. The molecule has 0 aliphatic carbocycles. The van der Waals surface area contributed by atoms with Crippen molar-refractivity contribution < 1.29 is 27.1 Å². The third-order valence-electron chi connectivity index (χ3n) is 3.59. The van der Waals surface area contributed by atoms with Crippen LogP contribution in [0.1, 0.15) is 38.1 Å². The molecule has 0 saturated carbocycles. The van der Waals surface area contributed by atoms with Gasteiger partial charge in [-0.05, 0) is 70.2 Å². The molecule has 29 heavy (non-hydrogen) atoms. The summed E-state index contributed by atoms with van der Waals surface area (Å²) in [6.07, 6.45) is -1.15. The Morgan fingerprint density at radius 1 is 1.07 bits per heavy atom. The predicted octanol–water partition coefficient (Wildman–Crippen LogP) is 3.09. The SMILES string of the molecule is C[C@@H](OC(=O)c1cccc(S(=O)(=O)NC(C)(C)C)c1)C(=O)Nc1ccc(F)cc1. The summed E-state index contributed by atoms with van der Waals surface area (Å²) in [6, 6.07) is 10.5. The summed E-state index contributed by atoms with van der Waals surface area (Å²) in [5.41, 5.74) is -0.355. The highest BCUT2D eigenvalue weighted by Crippen LogP contribution is 2.16. The number of sulfonamides is 1. The molecule has 9 heteroatoms. The molecule has 0 fully saturated rings. The van der Waals surface area contributed by atoms with Gasteiger partial charge in [-0.25, -0.2) is 22.3 Å². The Balaban J connectivity index is 2.08. The lowest BCUT2D eigenvalue weighted by Crippen LogP contribution is -2.40. The molecule has 0 aromatic heterocycles. The number of benzene rings is 2. The molecule has 0 heterocycles. The first kappa shape index (κ1) is 22.5. The van der Waals surface area contributed by atoms with Crippen molar-refractivity contribution in [3.05, 3.63) is 59.9 Å². The molecule has 1 amide bonds. The Bertz CT molecular complexity index is 998. The number of esters is 1. The number of halogens is 1. The van der Waals surface area contributed by atoms with E-state index in [0.29, 0.717) is 5.69 Å². The second kappa shape index (κ2) is 8.71.